The largest absolute Gasteiger partial charge is 0.299 e. The van der Waals surface area contributed by atoms with Crippen molar-refractivity contribution in [3.63, 3.8) is 0 Å². The fourth-order valence-corrected chi connectivity index (χ4v) is 5.57. The van der Waals surface area contributed by atoms with Crippen LogP contribution in [0.4, 0.5) is 0 Å². The summed E-state index contributed by atoms with van der Waals surface area (Å²) in [6, 6.07) is 8.93. The first kappa shape index (κ1) is 19.4. The Balaban J connectivity index is 1.64. The van der Waals surface area contributed by atoms with E-state index >= 15 is 0 Å². The summed E-state index contributed by atoms with van der Waals surface area (Å²) in [5, 5.41) is 4.78. The topological polar surface area (TPSA) is 41.5 Å². The molecule has 3 heteroatoms. The van der Waals surface area contributed by atoms with E-state index in [1.165, 1.54) is 22.4 Å². The SMILES string of the molecule is CC1=C2C3CC(CC3C(=O)C(C)(C)C)C2C(c2ccc(C(C)(C)C)cc2)=NN1. The number of allylic oxidation sites excluding steroid dienone is 2. The molecule has 1 aromatic carbocycles. The van der Waals surface area contributed by atoms with Crippen molar-refractivity contribution < 1.29 is 4.79 Å². The lowest BCUT2D eigenvalue weighted by molar-refractivity contribution is -0.131. The smallest absolute Gasteiger partial charge is 0.141 e. The molecule has 2 saturated carbocycles. The summed E-state index contributed by atoms with van der Waals surface area (Å²) >= 11 is 0. The highest BCUT2D eigenvalue weighted by molar-refractivity contribution is 6.05. The summed E-state index contributed by atoms with van der Waals surface area (Å²) in [4.78, 5) is 13.0. The first-order chi connectivity index (χ1) is 13.0. The van der Waals surface area contributed by atoms with Gasteiger partial charge in [0.05, 0.1) is 5.71 Å². The van der Waals surface area contributed by atoms with Gasteiger partial charge in [0.25, 0.3) is 0 Å². The first-order valence-corrected chi connectivity index (χ1v) is 10.7. The lowest BCUT2D eigenvalue weighted by Gasteiger charge is -2.37. The number of nitrogens with one attached hydrogen (secondary N) is 1. The molecular formula is C25H34N2O. The number of benzene rings is 1. The van der Waals surface area contributed by atoms with Gasteiger partial charge in [0.15, 0.2) is 0 Å². The van der Waals surface area contributed by atoms with Gasteiger partial charge >= 0.3 is 0 Å². The Kier molecular flexibility index (Phi) is 4.37. The van der Waals surface area contributed by atoms with E-state index in [1.54, 1.807) is 0 Å². The number of carbonyl (C=O) groups is 1. The van der Waals surface area contributed by atoms with E-state index in [0.717, 1.165) is 18.6 Å². The summed E-state index contributed by atoms with van der Waals surface area (Å²) in [5.41, 5.74) is 9.51. The number of rotatable bonds is 2. The van der Waals surface area contributed by atoms with Gasteiger partial charge in [0.1, 0.15) is 5.78 Å². The molecule has 4 atom stereocenters. The van der Waals surface area contributed by atoms with Gasteiger partial charge in [-0.25, -0.2) is 0 Å². The monoisotopic (exact) mass is 378 g/mol. The molecule has 0 spiro atoms. The van der Waals surface area contributed by atoms with Crippen LogP contribution in [0.25, 0.3) is 0 Å². The number of hydrogen-bond acceptors (Lipinski definition) is 3. The van der Waals surface area contributed by atoms with Crippen LogP contribution < -0.4 is 5.43 Å². The van der Waals surface area contributed by atoms with E-state index in [4.69, 9.17) is 5.10 Å². The summed E-state index contributed by atoms with van der Waals surface area (Å²) in [6.07, 6.45) is 2.14. The molecule has 2 aliphatic carbocycles. The first-order valence-electron chi connectivity index (χ1n) is 10.7. The van der Waals surface area contributed by atoms with Crippen LogP contribution in [0.5, 0.6) is 0 Å². The van der Waals surface area contributed by atoms with Gasteiger partial charge in [0.2, 0.25) is 0 Å². The summed E-state index contributed by atoms with van der Waals surface area (Å²) in [7, 11) is 0. The molecule has 0 amide bonds. The van der Waals surface area contributed by atoms with Gasteiger partial charge < -0.3 is 0 Å². The molecule has 3 nitrogen and oxygen atoms in total. The van der Waals surface area contributed by atoms with Gasteiger partial charge in [0, 0.05) is 22.9 Å². The molecule has 150 valence electrons. The molecule has 1 aromatic rings. The fourth-order valence-electron chi connectivity index (χ4n) is 5.57. The van der Waals surface area contributed by atoms with E-state index in [9.17, 15) is 4.79 Å². The molecule has 0 aromatic heterocycles. The van der Waals surface area contributed by atoms with Crippen LogP contribution in [-0.2, 0) is 10.2 Å². The molecule has 1 aliphatic heterocycles. The minimum absolute atomic E-state index is 0.153. The number of carbonyl (C=O) groups excluding carboxylic acids is 1. The van der Waals surface area contributed by atoms with Crippen LogP contribution in [0.3, 0.4) is 0 Å². The highest BCUT2D eigenvalue weighted by Crippen LogP contribution is 2.58. The quantitative estimate of drug-likeness (QED) is 0.743. The maximum absolute atomic E-state index is 13.0. The van der Waals surface area contributed by atoms with Gasteiger partial charge in [-0.3, -0.25) is 10.2 Å². The van der Waals surface area contributed by atoms with Gasteiger partial charge in [-0.2, -0.15) is 5.10 Å². The lowest BCUT2D eigenvalue weighted by atomic mass is 9.68. The Morgan fingerprint density at radius 2 is 1.68 bits per heavy atom. The van der Waals surface area contributed by atoms with Crippen LogP contribution in [0.15, 0.2) is 40.6 Å². The van der Waals surface area contributed by atoms with Gasteiger partial charge in [-0.15, -0.1) is 0 Å². The van der Waals surface area contributed by atoms with Crippen LogP contribution in [0.2, 0.25) is 0 Å². The average molecular weight is 379 g/mol. The van der Waals surface area contributed by atoms with Crippen molar-refractivity contribution in [2.45, 2.75) is 66.7 Å². The van der Waals surface area contributed by atoms with E-state index in [0.29, 0.717) is 23.5 Å². The minimum atomic E-state index is -0.263. The molecule has 4 rings (SSSR count). The summed E-state index contributed by atoms with van der Waals surface area (Å²) in [5.74, 6) is 1.90. The average Bonchev–Trinajstić information content (AvgIpc) is 3.19. The predicted molar refractivity (Wildman–Crippen MR) is 115 cm³/mol. The normalized spacial score (nSPS) is 29.5. The molecule has 3 aliphatic rings. The molecule has 28 heavy (non-hydrogen) atoms. The van der Waals surface area contributed by atoms with Crippen LogP contribution in [-0.4, -0.2) is 11.5 Å². The molecule has 2 bridgehead atoms. The van der Waals surface area contributed by atoms with Crippen molar-refractivity contribution in [2.75, 3.05) is 0 Å². The number of Topliss-reactive ketones (excluding diaryl/α,β-unsaturated/α-hetero) is 1. The van der Waals surface area contributed by atoms with Crippen molar-refractivity contribution in [2.24, 2.45) is 34.2 Å². The second kappa shape index (κ2) is 6.30. The van der Waals surface area contributed by atoms with Crippen LogP contribution in [0, 0.1) is 29.1 Å². The maximum Gasteiger partial charge on any atom is 0.141 e. The maximum atomic E-state index is 13.0. The Bertz CT molecular complexity index is 861. The second-order valence-corrected chi connectivity index (χ2v) is 11.1. The zero-order valence-corrected chi connectivity index (χ0v) is 18.4. The van der Waals surface area contributed by atoms with Crippen LogP contribution >= 0.6 is 0 Å². The van der Waals surface area contributed by atoms with Crippen molar-refractivity contribution >= 4 is 11.5 Å². The number of ketones is 1. The predicted octanol–water partition coefficient (Wildman–Crippen LogP) is 5.45. The Morgan fingerprint density at radius 1 is 1.04 bits per heavy atom. The molecule has 1 N–H and O–H groups in total. The molecule has 1 heterocycles. The summed E-state index contributed by atoms with van der Waals surface area (Å²) < 4.78 is 0. The zero-order chi connectivity index (χ0) is 20.4. The van der Waals surface area contributed by atoms with Crippen molar-refractivity contribution in [3.05, 3.63) is 46.7 Å². The van der Waals surface area contributed by atoms with E-state index < -0.39 is 0 Å². The lowest BCUT2D eigenvalue weighted by Crippen LogP contribution is -2.39. The highest BCUT2D eigenvalue weighted by atomic mass is 16.1. The van der Waals surface area contributed by atoms with Crippen molar-refractivity contribution in [3.8, 4) is 0 Å². The highest BCUT2D eigenvalue weighted by Gasteiger charge is 2.55. The fraction of sp³-hybridized carbons (Fsp3) is 0.600. The molecule has 2 fully saturated rings. The second-order valence-electron chi connectivity index (χ2n) is 11.1. The van der Waals surface area contributed by atoms with Crippen LogP contribution in [0.1, 0.15) is 72.4 Å². The third-order valence-corrected chi connectivity index (χ3v) is 7.00. The van der Waals surface area contributed by atoms with Gasteiger partial charge in [-0.05, 0) is 53.7 Å². The number of hydrogen-bond donors (Lipinski definition) is 1. The molecule has 4 unspecified atom stereocenters. The minimum Gasteiger partial charge on any atom is -0.299 e. The number of nitrogens with zero attached hydrogens (tertiary/aromatic N) is 1. The standard InChI is InChI=1S/C25H34N2O/c1-14-20-18-12-16(13-19(18)23(28)25(5,6)7)21(20)22(27-26-14)15-8-10-17(11-9-15)24(2,3)4/h8-11,16,18-19,21,26H,12-13H2,1-7H3. The Labute approximate surface area is 169 Å². The van der Waals surface area contributed by atoms with E-state index in [1.807, 2.05) is 0 Å². The third kappa shape index (κ3) is 3.03. The number of fused-ring (bicyclic) bond motifs is 5. The van der Waals surface area contributed by atoms with Crippen molar-refractivity contribution in [1.82, 2.24) is 5.43 Å². The summed E-state index contributed by atoms with van der Waals surface area (Å²) in [6.45, 7) is 15.0. The Morgan fingerprint density at radius 3 is 2.25 bits per heavy atom. The Hall–Kier alpha value is -1.90. The molecular weight excluding hydrogens is 344 g/mol. The molecule has 0 radical (unpaired) electrons. The van der Waals surface area contributed by atoms with Gasteiger partial charge in [-0.1, -0.05) is 65.8 Å². The molecule has 0 saturated heterocycles. The third-order valence-electron chi connectivity index (χ3n) is 7.00. The van der Waals surface area contributed by atoms with Crippen molar-refractivity contribution in [1.29, 1.82) is 0 Å². The zero-order valence-electron chi connectivity index (χ0n) is 18.4. The van der Waals surface area contributed by atoms with E-state index in [2.05, 4.69) is 78.2 Å². The van der Waals surface area contributed by atoms with E-state index in [-0.39, 0.29) is 16.7 Å². The number of hydrazone groups is 1.